The molecule has 0 aliphatic heterocycles. The molecule has 0 bridgehead atoms. The second-order valence-corrected chi connectivity index (χ2v) is 14.5. The Bertz CT molecular complexity index is 1060. The van der Waals surface area contributed by atoms with Gasteiger partial charge in [-0.3, -0.25) is 28.7 Å². The molecule has 0 saturated heterocycles. The Morgan fingerprint density at radius 3 is 2.21 bits per heavy atom. The van der Waals surface area contributed by atoms with Crippen molar-refractivity contribution in [1.82, 2.24) is 9.55 Å². The van der Waals surface area contributed by atoms with Crippen LogP contribution in [0, 0.1) is 18.8 Å². The number of hydrogen-bond donors (Lipinski definition) is 1. The maximum atomic E-state index is 12.4. The fraction of sp³-hybridized carbons (Fsp3) is 0.556. The summed E-state index contributed by atoms with van der Waals surface area (Å²) in [4.78, 5) is 60.9. The van der Waals surface area contributed by atoms with E-state index in [2.05, 4.69) is 66.1 Å². The number of nitrogens with one attached hydrogen (secondary N) is 1. The largest absolute Gasteiger partial charge is 0.463 e. The molecule has 0 aromatic carbocycles. The van der Waals surface area contributed by atoms with Crippen LogP contribution in [-0.2, 0) is 45.4 Å². The molecular weight excluding hydrogens is 564 g/mol. The van der Waals surface area contributed by atoms with E-state index in [4.69, 9.17) is 23.5 Å². The normalized spacial score (nSPS) is 16.4. The molecule has 0 spiro atoms. The van der Waals surface area contributed by atoms with Gasteiger partial charge < -0.3 is 9.16 Å². The molecule has 2 rings (SSSR count). The third-order valence-electron chi connectivity index (χ3n) is 7.22. The van der Waals surface area contributed by atoms with Crippen molar-refractivity contribution in [3.8, 4) is 0 Å². The van der Waals surface area contributed by atoms with Gasteiger partial charge >= 0.3 is 11.7 Å². The van der Waals surface area contributed by atoms with Crippen molar-refractivity contribution >= 4 is 34.7 Å². The summed E-state index contributed by atoms with van der Waals surface area (Å²) >= 11 is 0. The Labute approximate surface area is 242 Å². The van der Waals surface area contributed by atoms with Gasteiger partial charge in [-0.2, -0.15) is 0 Å². The van der Waals surface area contributed by atoms with Gasteiger partial charge in [0, 0.05) is 47.4 Å². The van der Waals surface area contributed by atoms with Crippen molar-refractivity contribution in [1.29, 1.82) is 0 Å². The zero-order valence-electron chi connectivity index (χ0n) is 23.7. The number of aromatic nitrogens is 2. The fourth-order valence-corrected chi connectivity index (χ4v) is 6.16. The van der Waals surface area contributed by atoms with E-state index in [1.807, 2.05) is 6.08 Å². The molecule has 0 saturated carbocycles. The number of nitrogens with zero attached hydrogens (tertiary/aromatic N) is 1. The van der Waals surface area contributed by atoms with Gasteiger partial charge in [-0.15, -0.1) is 0 Å². The zero-order valence-corrected chi connectivity index (χ0v) is 25.8. The van der Waals surface area contributed by atoms with Gasteiger partial charge in [0.05, 0.1) is 12.6 Å². The van der Waals surface area contributed by atoms with Crippen LogP contribution in [0.5, 0.6) is 0 Å². The quantitative estimate of drug-likeness (QED) is 0.259. The Morgan fingerprint density at radius 1 is 1.18 bits per heavy atom. The van der Waals surface area contributed by atoms with Crippen molar-refractivity contribution in [3.63, 3.8) is 0 Å². The summed E-state index contributed by atoms with van der Waals surface area (Å²) < 4.78 is 13.1. The first-order valence-electron chi connectivity index (χ1n) is 11.9. The van der Waals surface area contributed by atoms with Crippen LogP contribution in [0.25, 0.3) is 0 Å². The standard InChI is InChI=1S/C24H38N2O5Si.3CO.Fe/c1-9-30-21(27)11-10-18-12-20(26-14-17(4)22(28)25-23(26)29)13-19(18)15-31-32(7,8)24(5,6)16(2)3;3*1-2;/h10-12,14,16,19-20H,9,13,15H2,1-8H3,(H,25,28,29);;;;. The van der Waals surface area contributed by atoms with Gasteiger partial charge in [0.1, 0.15) is 0 Å². The molecule has 6 radical (unpaired) electrons. The molecule has 216 valence electrons. The third-order valence-corrected chi connectivity index (χ3v) is 11.8. The van der Waals surface area contributed by atoms with Crippen molar-refractivity contribution < 1.29 is 45.4 Å². The molecule has 12 heteroatoms. The first kappa shape index (κ1) is 40.8. The van der Waals surface area contributed by atoms with Gasteiger partial charge in [-0.1, -0.05) is 39.8 Å². The van der Waals surface area contributed by atoms with Gasteiger partial charge in [0.25, 0.3) is 25.9 Å². The minimum absolute atomic E-state index is 0. The SMILES string of the molecule is CCOC(=O)C=CC1=CC(n2cc(C)c(=O)[nH]c2=O)CC1CO[Si](C)(C)C(C)(C)C(C)C.[C]=O.[C]=O.[C]=O.[Fe]. The van der Waals surface area contributed by atoms with Crippen LogP contribution in [0.2, 0.25) is 18.1 Å². The molecule has 1 aromatic rings. The van der Waals surface area contributed by atoms with Gasteiger partial charge in [-0.25, -0.2) is 9.59 Å². The molecule has 1 N–H and O–H groups in total. The van der Waals surface area contributed by atoms with E-state index in [1.54, 1.807) is 30.7 Å². The molecule has 39 heavy (non-hydrogen) atoms. The maximum Gasteiger partial charge on any atom is 0.330 e. The molecule has 2 atom stereocenters. The summed E-state index contributed by atoms with van der Waals surface area (Å²) in [5.41, 5.74) is 0.603. The van der Waals surface area contributed by atoms with Crippen LogP contribution in [0.15, 0.2) is 39.6 Å². The average Bonchev–Trinajstić information content (AvgIpc) is 3.30. The average molecular weight is 603 g/mol. The number of H-pyrrole nitrogens is 1. The van der Waals surface area contributed by atoms with E-state index in [9.17, 15) is 14.4 Å². The van der Waals surface area contributed by atoms with E-state index < -0.39 is 20.0 Å². The zero-order chi connectivity index (χ0) is 30.3. The van der Waals surface area contributed by atoms with Crippen LogP contribution in [0.4, 0.5) is 0 Å². The van der Waals surface area contributed by atoms with E-state index in [0.29, 0.717) is 31.1 Å². The van der Waals surface area contributed by atoms with Gasteiger partial charge in [-0.05, 0) is 49.9 Å². The van der Waals surface area contributed by atoms with Crippen LogP contribution in [0.3, 0.4) is 0 Å². The summed E-state index contributed by atoms with van der Waals surface area (Å²) in [5, 5.41) is 0.0859. The van der Waals surface area contributed by atoms with Crippen LogP contribution in [-0.4, -0.2) is 57.4 Å². The molecule has 1 aliphatic carbocycles. The number of aryl methyl sites for hydroxylation is 1. The number of rotatable bonds is 9. The van der Waals surface area contributed by atoms with Crippen molar-refractivity contribution in [3.05, 3.63) is 56.4 Å². The molecule has 1 aliphatic rings. The van der Waals surface area contributed by atoms with Crippen molar-refractivity contribution in [2.45, 2.75) is 72.1 Å². The first-order chi connectivity index (χ1) is 17.8. The molecule has 0 fully saturated rings. The fourth-order valence-electron chi connectivity index (χ4n) is 3.78. The predicted molar refractivity (Wildman–Crippen MR) is 146 cm³/mol. The van der Waals surface area contributed by atoms with Crippen LogP contribution >= 0.6 is 0 Å². The number of aromatic amines is 1. The second-order valence-electron chi connectivity index (χ2n) is 9.93. The number of ether oxygens (including phenoxy) is 1. The minimum atomic E-state index is -2.04. The van der Waals surface area contributed by atoms with Crippen LogP contribution < -0.4 is 11.2 Å². The maximum absolute atomic E-state index is 12.4. The number of hydrogen-bond acceptors (Lipinski definition) is 8. The first-order valence-corrected chi connectivity index (χ1v) is 14.8. The Hall–Kier alpha value is -2.66. The minimum Gasteiger partial charge on any atom is -0.463 e. The number of allylic oxidation sites excluding steroid dienone is 2. The monoisotopic (exact) mass is 602 g/mol. The molecule has 10 nitrogen and oxygen atoms in total. The van der Waals surface area contributed by atoms with E-state index in [1.165, 1.54) is 6.08 Å². The molecular formula is C27H38FeN2O8Si. The third kappa shape index (κ3) is 11.5. The number of carbonyl (C=O) groups excluding carboxylic acids is 4. The summed E-state index contributed by atoms with van der Waals surface area (Å²) in [5.74, 6) is 0.116. The Kier molecular flexibility index (Phi) is 20.3. The summed E-state index contributed by atoms with van der Waals surface area (Å²) in [6.07, 6.45) is 7.41. The van der Waals surface area contributed by atoms with Gasteiger partial charge in [0.15, 0.2) is 8.32 Å². The number of esters is 1. The van der Waals surface area contributed by atoms with Crippen LogP contribution in [0.1, 0.15) is 52.6 Å². The Morgan fingerprint density at radius 2 is 1.72 bits per heavy atom. The predicted octanol–water partition coefficient (Wildman–Crippen LogP) is 2.92. The second kappa shape index (κ2) is 19.4. The van der Waals surface area contributed by atoms with E-state index >= 15 is 0 Å². The number of carbonyl (C=O) groups is 1. The molecule has 0 amide bonds. The summed E-state index contributed by atoms with van der Waals surface area (Å²) in [6, 6.07) is -0.226. The molecule has 2 unspecified atom stereocenters. The van der Waals surface area contributed by atoms with E-state index in [0.717, 1.165) is 5.57 Å². The summed E-state index contributed by atoms with van der Waals surface area (Å²) in [6.45, 7) is 31.2. The Balaban J connectivity index is -0.00000173. The molecule has 1 aromatic heterocycles. The topological polar surface area (TPSA) is 142 Å². The molecule has 1 heterocycles. The van der Waals surface area contributed by atoms with Crippen molar-refractivity contribution in [2.24, 2.45) is 11.8 Å². The van der Waals surface area contributed by atoms with Crippen molar-refractivity contribution in [2.75, 3.05) is 13.2 Å². The summed E-state index contributed by atoms with van der Waals surface area (Å²) in [7, 11) is -2.04. The smallest absolute Gasteiger partial charge is 0.330 e. The van der Waals surface area contributed by atoms with E-state index in [-0.39, 0.29) is 39.6 Å². The van der Waals surface area contributed by atoms with Gasteiger partial charge in [0.2, 0.25) is 0 Å².